The van der Waals surface area contributed by atoms with Crippen molar-refractivity contribution in [1.82, 2.24) is 24.3 Å². The number of rotatable bonds is 6. The first kappa shape index (κ1) is 30.6. The quantitative estimate of drug-likeness (QED) is 0.176. The fourth-order valence-electron chi connectivity index (χ4n) is 7.15. The van der Waals surface area contributed by atoms with E-state index in [2.05, 4.69) is 144 Å². The van der Waals surface area contributed by atoms with Crippen LogP contribution in [0.25, 0.3) is 95.0 Å². The van der Waals surface area contributed by atoms with Crippen LogP contribution >= 0.6 is 0 Å². The normalized spacial score (nSPS) is 11.4. The molecule has 0 amide bonds. The van der Waals surface area contributed by atoms with Crippen LogP contribution in [-0.2, 0) is 0 Å². The fourth-order valence-corrected chi connectivity index (χ4v) is 7.15. The van der Waals surface area contributed by atoms with Crippen molar-refractivity contribution >= 4 is 27.6 Å². The first-order valence-electron chi connectivity index (χ1n) is 17.7. The highest BCUT2D eigenvalue weighted by Gasteiger charge is 2.16. The summed E-state index contributed by atoms with van der Waals surface area (Å²) in [6, 6.07) is 63.1. The summed E-state index contributed by atoms with van der Waals surface area (Å²) >= 11 is 0. The summed E-state index contributed by atoms with van der Waals surface area (Å²) in [5.41, 5.74) is 14.0. The second-order valence-corrected chi connectivity index (χ2v) is 13.1. The average molecular weight is 678 g/mol. The molecule has 10 rings (SSSR count). The van der Waals surface area contributed by atoms with E-state index >= 15 is 0 Å². The lowest BCUT2D eigenvalue weighted by Crippen LogP contribution is -1.96. The molecule has 0 aliphatic carbocycles. The van der Waals surface area contributed by atoms with Gasteiger partial charge in [0.25, 0.3) is 0 Å². The zero-order valence-corrected chi connectivity index (χ0v) is 28.6. The largest absolute Gasteiger partial charge is 0.284 e. The van der Waals surface area contributed by atoms with Crippen LogP contribution in [0.1, 0.15) is 0 Å². The first-order valence-corrected chi connectivity index (χ1v) is 17.7. The fraction of sp³-hybridized carbons (Fsp3) is 0. The van der Waals surface area contributed by atoms with Gasteiger partial charge in [-0.05, 0) is 46.5 Å². The highest BCUT2D eigenvalue weighted by atomic mass is 15.1. The van der Waals surface area contributed by atoms with Gasteiger partial charge in [0.15, 0.2) is 11.5 Å². The van der Waals surface area contributed by atoms with E-state index in [1.807, 2.05) is 48.7 Å². The molecule has 0 N–H and O–H groups in total. The van der Waals surface area contributed by atoms with Gasteiger partial charge in [0.1, 0.15) is 11.2 Å². The Balaban J connectivity index is 1.03. The van der Waals surface area contributed by atoms with Crippen LogP contribution in [0.2, 0.25) is 0 Å². The molecular weight excluding hydrogens is 647 g/mol. The average Bonchev–Trinajstić information content (AvgIpc) is 3.63. The van der Waals surface area contributed by atoms with Crippen LogP contribution < -0.4 is 0 Å². The summed E-state index contributed by atoms with van der Waals surface area (Å²) in [5, 5.41) is 2.18. The molecule has 5 heteroatoms. The summed E-state index contributed by atoms with van der Waals surface area (Å²) in [4.78, 5) is 20.3. The van der Waals surface area contributed by atoms with Crippen molar-refractivity contribution in [1.29, 1.82) is 0 Å². The molecule has 0 spiro atoms. The van der Waals surface area contributed by atoms with Crippen molar-refractivity contribution in [2.75, 3.05) is 0 Å². The standard InChI is InChI=1S/C48H31N5/c1-3-12-32(13-4-1)33-21-25-35(26-22-33)42-31-43(50-47(49-42)37-14-5-2-6-15-37)39-17-11-16-38(30-39)34-23-27-36(28-24-34)45-40-18-7-8-19-41(40)46-48(52-45)53-29-10-9-20-44(53)51-46/h1-31H. The number of fused-ring (bicyclic) bond motifs is 5. The third-order valence-corrected chi connectivity index (χ3v) is 9.86. The monoisotopic (exact) mass is 677 g/mol. The summed E-state index contributed by atoms with van der Waals surface area (Å²) in [5.74, 6) is 0.697. The lowest BCUT2D eigenvalue weighted by atomic mass is 9.97. The Morgan fingerprint density at radius 2 is 0.887 bits per heavy atom. The van der Waals surface area contributed by atoms with Gasteiger partial charge in [-0.15, -0.1) is 0 Å². The molecule has 0 aliphatic heterocycles. The van der Waals surface area contributed by atoms with Gasteiger partial charge in [-0.3, -0.25) is 4.40 Å². The van der Waals surface area contributed by atoms with Crippen LogP contribution in [0.3, 0.4) is 0 Å². The maximum Gasteiger partial charge on any atom is 0.165 e. The van der Waals surface area contributed by atoms with Gasteiger partial charge in [0.2, 0.25) is 0 Å². The third-order valence-electron chi connectivity index (χ3n) is 9.86. The SMILES string of the molecule is c1ccc(-c2ccc(-c3cc(-c4cccc(-c5ccc(-c6nc7c(nc8ccccn87)c7ccccc67)cc5)c4)nc(-c4ccccc4)n3)cc2)cc1. The van der Waals surface area contributed by atoms with Crippen LogP contribution in [0.5, 0.6) is 0 Å². The van der Waals surface area contributed by atoms with Crippen LogP contribution in [0, 0.1) is 0 Å². The van der Waals surface area contributed by atoms with E-state index in [1.54, 1.807) is 0 Å². The Morgan fingerprint density at radius 3 is 1.64 bits per heavy atom. The zero-order valence-electron chi connectivity index (χ0n) is 28.6. The predicted octanol–water partition coefficient (Wildman–Crippen LogP) is 11.8. The number of nitrogens with zero attached hydrogens (tertiary/aromatic N) is 5. The number of aromatic nitrogens is 5. The topological polar surface area (TPSA) is 56.0 Å². The Bertz CT molecular complexity index is 2920. The molecule has 10 aromatic rings. The van der Waals surface area contributed by atoms with Crippen molar-refractivity contribution in [2.24, 2.45) is 0 Å². The van der Waals surface area contributed by atoms with Crippen molar-refractivity contribution < 1.29 is 0 Å². The molecule has 0 unspecified atom stereocenters. The van der Waals surface area contributed by atoms with E-state index in [1.165, 1.54) is 11.1 Å². The van der Waals surface area contributed by atoms with Crippen LogP contribution in [-0.4, -0.2) is 24.3 Å². The molecule has 5 nitrogen and oxygen atoms in total. The van der Waals surface area contributed by atoms with E-state index < -0.39 is 0 Å². The number of imidazole rings is 1. The molecule has 4 heterocycles. The summed E-state index contributed by atoms with van der Waals surface area (Å²) in [6.07, 6.45) is 2.03. The minimum absolute atomic E-state index is 0.697. The maximum atomic E-state index is 5.19. The molecule has 6 aromatic carbocycles. The minimum atomic E-state index is 0.697. The van der Waals surface area contributed by atoms with E-state index in [0.29, 0.717) is 5.82 Å². The predicted molar refractivity (Wildman–Crippen MR) is 216 cm³/mol. The van der Waals surface area contributed by atoms with E-state index in [4.69, 9.17) is 19.9 Å². The Hall–Kier alpha value is -7.24. The highest BCUT2D eigenvalue weighted by Crippen LogP contribution is 2.35. The molecule has 0 aliphatic rings. The van der Waals surface area contributed by atoms with Gasteiger partial charge in [-0.2, -0.15) is 0 Å². The van der Waals surface area contributed by atoms with Crippen molar-refractivity contribution in [3.63, 3.8) is 0 Å². The van der Waals surface area contributed by atoms with Crippen molar-refractivity contribution in [3.8, 4) is 67.4 Å². The molecule has 0 radical (unpaired) electrons. The number of hydrogen-bond acceptors (Lipinski definition) is 4. The van der Waals surface area contributed by atoms with Gasteiger partial charge in [0, 0.05) is 39.2 Å². The number of pyridine rings is 2. The Labute approximate surface area is 306 Å². The molecular formula is C48H31N5. The molecule has 0 fully saturated rings. The first-order chi connectivity index (χ1) is 26.2. The summed E-state index contributed by atoms with van der Waals surface area (Å²) in [6.45, 7) is 0. The van der Waals surface area contributed by atoms with E-state index in [0.717, 1.165) is 78.0 Å². The zero-order chi connectivity index (χ0) is 35.1. The molecule has 0 bridgehead atoms. The molecule has 0 saturated heterocycles. The van der Waals surface area contributed by atoms with Gasteiger partial charge >= 0.3 is 0 Å². The Morgan fingerprint density at radius 1 is 0.340 bits per heavy atom. The van der Waals surface area contributed by atoms with Gasteiger partial charge in [-0.1, -0.05) is 158 Å². The molecule has 0 atom stereocenters. The molecule has 248 valence electrons. The summed E-state index contributed by atoms with van der Waals surface area (Å²) in [7, 11) is 0. The lowest BCUT2D eigenvalue weighted by Gasteiger charge is -2.12. The van der Waals surface area contributed by atoms with E-state index in [-0.39, 0.29) is 0 Å². The van der Waals surface area contributed by atoms with E-state index in [9.17, 15) is 0 Å². The second kappa shape index (κ2) is 12.8. The smallest absolute Gasteiger partial charge is 0.165 e. The minimum Gasteiger partial charge on any atom is -0.284 e. The second-order valence-electron chi connectivity index (χ2n) is 13.1. The van der Waals surface area contributed by atoms with Gasteiger partial charge < -0.3 is 0 Å². The third kappa shape index (κ3) is 5.61. The maximum absolute atomic E-state index is 5.19. The lowest BCUT2D eigenvalue weighted by molar-refractivity contribution is 1.18. The number of benzene rings is 6. The van der Waals surface area contributed by atoms with Crippen molar-refractivity contribution in [3.05, 3.63) is 188 Å². The highest BCUT2D eigenvalue weighted by molar-refractivity contribution is 6.09. The molecule has 0 saturated carbocycles. The number of hydrogen-bond donors (Lipinski definition) is 0. The van der Waals surface area contributed by atoms with Crippen LogP contribution in [0.15, 0.2) is 188 Å². The van der Waals surface area contributed by atoms with Crippen molar-refractivity contribution in [2.45, 2.75) is 0 Å². The van der Waals surface area contributed by atoms with Crippen LogP contribution in [0.4, 0.5) is 0 Å². The molecule has 53 heavy (non-hydrogen) atoms. The van der Waals surface area contributed by atoms with Gasteiger partial charge in [-0.25, -0.2) is 19.9 Å². The Kier molecular flexibility index (Phi) is 7.40. The van der Waals surface area contributed by atoms with Gasteiger partial charge in [0.05, 0.1) is 17.1 Å². The molecule has 4 aromatic heterocycles. The summed E-state index contributed by atoms with van der Waals surface area (Å²) < 4.78 is 2.06.